The Balaban J connectivity index is 2.23. The number of nitrogens with zero attached hydrogens (tertiary/aromatic N) is 3. The van der Waals surface area contributed by atoms with Gasteiger partial charge in [0.25, 0.3) is 0 Å². The molecule has 0 aliphatic rings. The molecule has 1 unspecified atom stereocenters. The second-order valence-electron chi connectivity index (χ2n) is 4.65. The predicted octanol–water partition coefficient (Wildman–Crippen LogP) is 1.20. The molecule has 0 saturated heterocycles. The zero-order valence-corrected chi connectivity index (χ0v) is 12.2. The van der Waals surface area contributed by atoms with Gasteiger partial charge in [0.1, 0.15) is 5.82 Å². The lowest BCUT2D eigenvalue weighted by Gasteiger charge is -2.05. The molecule has 1 aromatic carbocycles. The first-order chi connectivity index (χ1) is 9.01. The SMILES string of the molecule is Cc1cc(C)cc(CS(=O)c2nnc(CN)n2C)c1. The summed E-state index contributed by atoms with van der Waals surface area (Å²) in [5, 5.41) is 8.36. The van der Waals surface area contributed by atoms with Crippen molar-refractivity contribution in [3.05, 3.63) is 40.7 Å². The first-order valence-electron chi connectivity index (χ1n) is 6.05. The van der Waals surface area contributed by atoms with Crippen LogP contribution in [0.2, 0.25) is 0 Å². The minimum atomic E-state index is -1.21. The molecule has 2 N–H and O–H groups in total. The smallest absolute Gasteiger partial charge is 0.221 e. The lowest BCUT2D eigenvalue weighted by atomic mass is 10.1. The number of hydrogen-bond acceptors (Lipinski definition) is 4. The minimum absolute atomic E-state index is 0.296. The van der Waals surface area contributed by atoms with Gasteiger partial charge in [-0.1, -0.05) is 29.3 Å². The van der Waals surface area contributed by atoms with Crippen LogP contribution < -0.4 is 5.73 Å². The highest BCUT2D eigenvalue weighted by Crippen LogP contribution is 2.14. The maximum absolute atomic E-state index is 12.3. The van der Waals surface area contributed by atoms with Crippen molar-refractivity contribution in [2.75, 3.05) is 0 Å². The highest BCUT2D eigenvalue weighted by atomic mass is 32.2. The molecule has 0 aliphatic carbocycles. The van der Waals surface area contributed by atoms with E-state index in [-0.39, 0.29) is 0 Å². The van der Waals surface area contributed by atoms with Crippen molar-refractivity contribution in [1.29, 1.82) is 0 Å². The van der Waals surface area contributed by atoms with Crippen molar-refractivity contribution in [2.45, 2.75) is 31.3 Å². The van der Waals surface area contributed by atoms with E-state index in [0.29, 0.717) is 23.3 Å². The molecule has 0 saturated carbocycles. The summed E-state index contributed by atoms with van der Waals surface area (Å²) in [7, 11) is 0.579. The molecule has 0 amide bonds. The summed E-state index contributed by atoms with van der Waals surface area (Å²) in [4.78, 5) is 0. The lowest BCUT2D eigenvalue weighted by Crippen LogP contribution is -2.09. The Kier molecular flexibility index (Phi) is 4.11. The van der Waals surface area contributed by atoms with Crippen LogP contribution in [0, 0.1) is 13.8 Å². The third-order valence-electron chi connectivity index (χ3n) is 2.89. The van der Waals surface area contributed by atoms with E-state index in [1.54, 1.807) is 11.6 Å². The molecule has 102 valence electrons. The predicted molar refractivity (Wildman–Crippen MR) is 74.9 cm³/mol. The van der Waals surface area contributed by atoms with Gasteiger partial charge in [0.2, 0.25) is 5.16 Å². The average Bonchev–Trinajstić information content (AvgIpc) is 2.68. The Morgan fingerprint density at radius 2 is 1.84 bits per heavy atom. The third kappa shape index (κ3) is 3.08. The van der Waals surface area contributed by atoms with Gasteiger partial charge in [-0.05, 0) is 19.4 Å². The molecule has 19 heavy (non-hydrogen) atoms. The lowest BCUT2D eigenvalue weighted by molar-refractivity contribution is 0.658. The molecule has 0 bridgehead atoms. The van der Waals surface area contributed by atoms with E-state index in [1.807, 2.05) is 26.0 Å². The maximum Gasteiger partial charge on any atom is 0.221 e. The van der Waals surface area contributed by atoms with Gasteiger partial charge in [0, 0.05) is 7.05 Å². The van der Waals surface area contributed by atoms with Crippen LogP contribution in [0.1, 0.15) is 22.5 Å². The molecule has 2 rings (SSSR count). The maximum atomic E-state index is 12.3. The fourth-order valence-electron chi connectivity index (χ4n) is 2.09. The zero-order chi connectivity index (χ0) is 14.0. The highest BCUT2D eigenvalue weighted by molar-refractivity contribution is 7.84. The van der Waals surface area contributed by atoms with E-state index >= 15 is 0 Å². The molecule has 1 aromatic heterocycles. The van der Waals surface area contributed by atoms with Crippen molar-refractivity contribution >= 4 is 10.8 Å². The Bertz CT molecular complexity index is 601. The molecule has 0 spiro atoms. The van der Waals surface area contributed by atoms with Gasteiger partial charge in [-0.2, -0.15) is 0 Å². The van der Waals surface area contributed by atoms with Gasteiger partial charge >= 0.3 is 0 Å². The van der Waals surface area contributed by atoms with Crippen molar-refractivity contribution in [1.82, 2.24) is 14.8 Å². The fraction of sp³-hybridized carbons (Fsp3) is 0.385. The number of nitrogens with two attached hydrogens (primary N) is 1. The number of benzene rings is 1. The highest BCUT2D eigenvalue weighted by Gasteiger charge is 2.14. The van der Waals surface area contributed by atoms with Gasteiger partial charge in [-0.3, -0.25) is 4.21 Å². The van der Waals surface area contributed by atoms with Gasteiger partial charge < -0.3 is 10.3 Å². The van der Waals surface area contributed by atoms with Gasteiger partial charge in [-0.15, -0.1) is 10.2 Å². The van der Waals surface area contributed by atoms with Crippen LogP contribution in [0.3, 0.4) is 0 Å². The number of aromatic nitrogens is 3. The van der Waals surface area contributed by atoms with Crippen molar-refractivity contribution < 1.29 is 4.21 Å². The van der Waals surface area contributed by atoms with E-state index in [0.717, 1.165) is 5.56 Å². The summed E-state index contributed by atoms with van der Waals surface area (Å²) >= 11 is 0. The number of hydrogen-bond donors (Lipinski definition) is 1. The Labute approximate surface area is 115 Å². The Morgan fingerprint density at radius 1 is 1.21 bits per heavy atom. The Hall–Kier alpha value is -1.53. The summed E-state index contributed by atoms with van der Waals surface area (Å²) in [5.41, 5.74) is 8.93. The normalized spacial score (nSPS) is 12.6. The molecular weight excluding hydrogens is 260 g/mol. The number of aryl methyl sites for hydroxylation is 2. The van der Waals surface area contributed by atoms with Crippen molar-refractivity contribution in [3.8, 4) is 0 Å². The zero-order valence-electron chi connectivity index (χ0n) is 11.4. The summed E-state index contributed by atoms with van der Waals surface area (Å²) in [6.07, 6.45) is 0. The average molecular weight is 278 g/mol. The first-order valence-corrected chi connectivity index (χ1v) is 7.37. The van der Waals surface area contributed by atoms with Crippen LogP contribution in [0.25, 0.3) is 0 Å². The van der Waals surface area contributed by atoms with Crippen molar-refractivity contribution in [2.24, 2.45) is 12.8 Å². The largest absolute Gasteiger partial charge is 0.324 e. The van der Waals surface area contributed by atoms with Gasteiger partial charge in [-0.25, -0.2) is 0 Å². The molecule has 0 aliphatic heterocycles. The van der Waals surface area contributed by atoms with Crippen LogP contribution >= 0.6 is 0 Å². The molecule has 0 radical (unpaired) electrons. The molecule has 2 aromatic rings. The van der Waals surface area contributed by atoms with Crippen molar-refractivity contribution in [3.63, 3.8) is 0 Å². The summed E-state index contributed by atoms with van der Waals surface area (Å²) in [6, 6.07) is 6.19. The third-order valence-corrected chi connectivity index (χ3v) is 4.25. The minimum Gasteiger partial charge on any atom is -0.324 e. The monoisotopic (exact) mass is 278 g/mol. The van der Waals surface area contributed by atoms with Crippen LogP contribution in [0.5, 0.6) is 0 Å². The van der Waals surface area contributed by atoms with E-state index in [2.05, 4.69) is 16.3 Å². The summed E-state index contributed by atoms with van der Waals surface area (Å²) in [5.74, 6) is 1.09. The molecule has 0 fully saturated rings. The molecule has 6 heteroatoms. The standard InChI is InChI=1S/C13H18N4OS/c1-9-4-10(2)6-11(5-9)8-19(18)13-16-15-12(7-14)17(13)3/h4-6H,7-8,14H2,1-3H3. The topological polar surface area (TPSA) is 73.8 Å². The molecule has 1 heterocycles. The number of rotatable bonds is 4. The van der Waals surface area contributed by atoms with Crippen LogP contribution in [-0.4, -0.2) is 19.0 Å². The van der Waals surface area contributed by atoms with Crippen LogP contribution in [-0.2, 0) is 30.1 Å². The van der Waals surface area contributed by atoms with E-state index < -0.39 is 10.8 Å². The Morgan fingerprint density at radius 3 is 2.37 bits per heavy atom. The quantitative estimate of drug-likeness (QED) is 0.912. The second-order valence-corrected chi connectivity index (χ2v) is 5.99. The van der Waals surface area contributed by atoms with E-state index in [4.69, 9.17) is 5.73 Å². The van der Waals surface area contributed by atoms with E-state index in [1.165, 1.54) is 11.1 Å². The van der Waals surface area contributed by atoms with Gasteiger partial charge in [0.15, 0.2) is 0 Å². The summed E-state index contributed by atoms with van der Waals surface area (Å²) in [6.45, 7) is 4.37. The second kappa shape index (κ2) is 5.63. The van der Waals surface area contributed by atoms with Crippen LogP contribution in [0.15, 0.2) is 23.4 Å². The van der Waals surface area contributed by atoms with E-state index in [9.17, 15) is 4.21 Å². The molecule has 1 atom stereocenters. The molecule has 5 nitrogen and oxygen atoms in total. The van der Waals surface area contributed by atoms with Crippen LogP contribution in [0.4, 0.5) is 0 Å². The summed E-state index contributed by atoms with van der Waals surface area (Å²) < 4.78 is 14.0. The van der Waals surface area contributed by atoms with Gasteiger partial charge in [0.05, 0.1) is 23.1 Å². The molecular formula is C13H18N4OS. The first kappa shape index (κ1) is 13.9. The fourth-order valence-corrected chi connectivity index (χ4v) is 3.23.